The number of anilines is 1. The largest absolute Gasteiger partial charge is 0.381 e. The number of hydrogen-bond acceptors (Lipinski definition) is 4. The number of nitrogens with one attached hydrogen (secondary N) is 1. The van der Waals surface area contributed by atoms with E-state index in [0.29, 0.717) is 18.2 Å². The molecule has 0 atom stereocenters. The second-order valence-corrected chi connectivity index (χ2v) is 5.97. The maximum Gasteiger partial charge on any atom is 0.251 e. The van der Waals surface area contributed by atoms with Crippen molar-refractivity contribution in [3.8, 4) is 0 Å². The van der Waals surface area contributed by atoms with Crippen LogP contribution in [-0.2, 0) is 11.3 Å². The number of carbonyl (C=O) groups excluding carboxylic acids is 1. The zero-order valence-corrected chi connectivity index (χ0v) is 13.9. The molecule has 1 fully saturated rings. The van der Waals surface area contributed by atoms with Crippen molar-refractivity contribution in [2.45, 2.75) is 25.5 Å². The summed E-state index contributed by atoms with van der Waals surface area (Å²) in [5.41, 5.74) is 2.68. The number of carbonyl (C=O) groups is 1. The quantitative estimate of drug-likeness (QED) is 0.918. The highest BCUT2D eigenvalue weighted by Gasteiger charge is 2.19. The van der Waals surface area contributed by atoms with Crippen LogP contribution in [-0.4, -0.2) is 37.2 Å². The van der Waals surface area contributed by atoms with E-state index < -0.39 is 0 Å². The molecule has 1 aliphatic rings. The molecular formula is C19H23N3O2. The van der Waals surface area contributed by atoms with E-state index in [2.05, 4.69) is 15.2 Å². The molecule has 5 nitrogen and oxygen atoms in total. The van der Waals surface area contributed by atoms with Crippen molar-refractivity contribution in [3.05, 3.63) is 59.9 Å². The van der Waals surface area contributed by atoms with Gasteiger partial charge in [-0.2, -0.15) is 0 Å². The third-order valence-electron chi connectivity index (χ3n) is 4.43. The highest BCUT2D eigenvalue weighted by atomic mass is 16.5. The van der Waals surface area contributed by atoms with Crippen LogP contribution in [0.1, 0.15) is 28.9 Å². The van der Waals surface area contributed by atoms with Crippen molar-refractivity contribution in [1.82, 2.24) is 10.3 Å². The van der Waals surface area contributed by atoms with E-state index in [-0.39, 0.29) is 5.91 Å². The Morgan fingerprint density at radius 1 is 1.21 bits per heavy atom. The number of pyridine rings is 1. The SMILES string of the molecule is COC1CCN(c2ccc(C(=O)NCc3ccccn3)cc2)CC1. The molecule has 24 heavy (non-hydrogen) atoms. The Hall–Kier alpha value is -2.40. The summed E-state index contributed by atoms with van der Waals surface area (Å²) in [7, 11) is 1.78. The Kier molecular flexibility index (Phi) is 5.43. The second kappa shape index (κ2) is 7.93. The lowest BCUT2D eigenvalue weighted by atomic mass is 10.1. The van der Waals surface area contributed by atoms with Crippen LogP contribution in [0, 0.1) is 0 Å². The molecule has 0 bridgehead atoms. The molecule has 1 saturated heterocycles. The van der Waals surface area contributed by atoms with Gasteiger partial charge in [-0.25, -0.2) is 0 Å². The van der Waals surface area contributed by atoms with Crippen LogP contribution in [0.25, 0.3) is 0 Å². The van der Waals surface area contributed by atoms with Crippen LogP contribution in [0.3, 0.4) is 0 Å². The fourth-order valence-electron chi connectivity index (χ4n) is 2.95. The van der Waals surface area contributed by atoms with Gasteiger partial charge in [-0.1, -0.05) is 6.07 Å². The first-order valence-corrected chi connectivity index (χ1v) is 8.32. The molecule has 0 unspecified atom stereocenters. The molecule has 0 saturated carbocycles. The molecule has 126 valence electrons. The topological polar surface area (TPSA) is 54.5 Å². The van der Waals surface area contributed by atoms with E-state index in [0.717, 1.165) is 37.3 Å². The fraction of sp³-hybridized carbons (Fsp3) is 0.368. The molecule has 0 aliphatic carbocycles. The second-order valence-electron chi connectivity index (χ2n) is 5.97. The Balaban J connectivity index is 1.55. The van der Waals surface area contributed by atoms with Gasteiger partial charge in [-0.05, 0) is 49.2 Å². The number of piperidine rings is 1. The van der Waals surface area contributed by atoms with Gasteiger partial charge < -0.3 is 15.0 Å². The Bertz CT molecular complexity index is 650. The number of rotatable bonds is 5. The summed E-state index contributed by atoms with van der Waals surface area (Å²) < 4.78 is 5.40. The van der Waals surface area contributed by atoms with Crippen LogP contribution in [0.2, 0.25) is 0 Å². The predicted octanol–water partition coefficient (Wildman–Crippen LogP) is 2.63. The lowest BCUT2D eigenvalue weighted by Gasteiger charge is -2.33. The molecule has 1 aromatic heterocycles. The lowest BCUT2D eigenvalue weighted by Crippen LogP contribution is -2.36. The molecule has 0 spiro atoms. The predicted molar refractivity (Wildman–Crippen MR) is 94.1 cm³/mol. The highest BCUT2D eigenvalue weighted by molar-refractivity contribution is 5.94. The molecule has 1 aliphatic heterocycles. The molecule has 1 N–H and O–H groups in total. The molecule has 0 radical (unpaired) electrons. The monoisotopic (exact) mass is 325 g/mol. The van der Waals surface area contributed by atoms with Crippen molar-refractivity contribution < 1.29 is 9.53 Å². The van der Waals surface area contributed by atoms with Crippen LogP contribution >= 0.6 is 0 Å². The summed E-state index contributed by atoms with van der Waals surface area (Å²) in [6.07, 6.45) is 4.19. The Morgan fingerprint density at radius 3 is 2.58 bits per heavy atom. The number of ether oxygens (including phenoxy) is 1. The lowest BCUT2D eigenvalue weighted by molar-refractivity contribution is 0.0819. The number of benzene rings is 1. The van der Waals surface area contributed by atoms with Gasteiger partial charge in [0, 0.05) is 37.6 Å². The molecule has 2 heterocycles. The first kappa shape index (κ1) is 16.5. The molecule has 1 amide bonds. The van der Waals surface area contributed by atoms with Gasteiger partial charge in [0.2, 0.25) is 0 Å². The summed E-state index contributed by atoms with van der Waals surface area (Å²) in [5, 5.41) is 2.90. The van der Waals surface area contributed by atoms with Crippen molar-refractivity contribution in [1.29, 1.82) is 0 Å². The number of methoxy groups -OCH3 is 1. The van der Waals surface area contributed by atoms with Crippen LogP contribution in [0.15, 0.2) is 48.7 Å². The average molecular weight is 325 g/mol. The fourth-order valence-corrected chi connectivity index (χ4v) is 2.95. The highest BCUT2D eigenvalue weighted by Crippen LogP contribution is 2.21. The Morgan fingerprint density at radius 2 is 1.96 bits per heavy atom. The van der Waals surface area contributed by atoms with Gasteiger partial charge in [0.1, 0.15) is 0 Å². The molecule has 5 heteroatoms. The molecule has 1 aromatic carbocycles. The zero-order valence-electron chi connectivity index (χ0n) is 13.9. The number of aromatic nitrogens is 1. The number of amides is 1. The van der Waals surface area contributed by atoms with E-state index in [1.54, 1.807) is 13.3 Å². The maximum absolute atomic E-state index is 12.2. The molecule has 2 aromatic rings. The zero-order chi connectivity index (χ0) is 16.8. The number of hydrogen-bond donors (Lipinski definition) is 1. The van der Waals surface area contributed by atoms with Crippen LogP contribution in [0.5, 0.6) is 0 Å². The Labute approximate surface area is 142 Å². The summed E-state index contributed by atoms with van der Waals surface area (Å²) in [6, 6.07) is 13.5. The van der Waals surface area contributed by atoms with Gasteiger partial charge in [-0.15, -0.1) is 0 Å². The average Bonchev–Trinajstić information content (AvgIpc) is 2.67. The normalized spacial score (nSPS) is 15.3. The first-order valence-electron chi connectivity index (χ1n) is 8.32. The van der Waals surface area contributed by atoms with E-state index in [1.165, 1.54) is 0 Å². The first-order chi connectivity index (χ1) is 11.8. The van der Waals surface area contributed by atoms with E-state index in [1.807, 2.05) is 42.5 Å². The van der Waals surface area contributed by atoms with E-state index in [9.17, 15) is 4.79 Å². The summed E-state index contributed by atoms with van der Waals surface area (Å²) in [4.78, 5) is 18.8. The number of nitrogens with zero attached hydrogens (tertiary/aromatic N) is 2. The van der Waals surface area contributed by atoms with Crippen molar-refractivity contribution in [2.24, 2.45) is 0 Å². The molecule has 3 rings (SSSR count). The maximum atomic E-state index is 12.2. The smallest absolute Gasteiger partial charge is 0.251 e. The van der Waals surface area contributed by atoms with Gasteiger partial charge in [-0.3, -0.25) is 9.78 Å². The van der Waals surface area contributed by atoms with Gasteiger partial charge in [0.05, 0.1) is 18.3 Å². The van der Waals surface area contributed by atoms with Crippen molar-refractivity contribution >= 4 is 11.6 Å². The third-order valence-corrected chi connectivity index (χ3v) is 4.43. The minimum atomic E-state index is -0.0784. The molecular weight excluding hydrogens is 302 g/mol. The van der Waals surface area contributed by atoms with Crippen LogP contribution < -0.4 is 10.2 Å². The van der Waals surface area contributed by atoms with Crippen molar-refractivity contribution in [3.63, 3.8) is 0 Å². The van der Waals surface area contributed by atoms with Gasteiger partial charge in [0.25, 0.3) is 5.91 Å². The van der Waals surface area contributed by atoms with Gasteiger partial charge in [0.15, 0.2) is 0 Å². The minimum absolute atomic E-state index is 0.0784. The minimum Gasteiger partial charge on any atom is -0.381 e. The summed E-state index contributed by atoms with van der Waals surface area (Å²) in [5.74, 6) is -0.0784. The van der Waals surface area contributed by atoms with Crippen LogP contribution in [0.4, 0.5) is 5.69 Å². The third kappa shape index (κ3) is 4.11. The van der Waals surface area contributed by atoms with E-state index >= 15 is 0 Å². The van der Waals surface area contributed by atoms with E-state index in [4.69, 9.17) is 4.74 Å². The van der Waals surface area contributed by atoms with Gasteiger partial charge >= 0.3 is 0 Å². The summed E-state index contributed by atoms with van der Waals surface area (Å²) >= 11 is 0. The summed E-state index contributed by atoms with van der Waals surface area (Å²) in [6.45, 7) is 2.42. The van der Waals surface area contributed by atoms with Crippen molar-refractivity contribution in [2.75, 3.05) is 25.1 Å². The standard InChI is InChI=1S/C19H23N3O2/c1-24-18-9-12-22(13-10-18)17-7-5-15(6-8-17)19(23)21-14-16-4-2-3-11-20-16/h2-8,11,18H,9-10,12-14H2,1H3,(H,21,23).